The summed E-state index contributed by atoms with van der Waals surface area (Å²) in [5.41, 5.74) is 1.93. The summed E-state index contributed by atoms with van der Waals surface area (Å²) in [5.74, 6) is 0.0967. The Bertz CT molecular complexity index is 873. The van der Waals surface area contributed by atoms with E-state index in [1.807, 2.05) is 29.2 Å². The Morgan fingerprint density at radius 2 is 1.64 bits per heavy atom. The van der Waals surface area contributed by atoms with Gasteiger partial charge in [0.2, 0.25) is 5.91 Å². The highest BCUT2D eigenvalue weighted by atomic mass is 35.5. The van der Waals surface area contributed by atoms with Crippen molar-refractivity contribution in [3.05, 3.63) is 52.0 Å². The molecular formula is C20H21Cl2N3O3. The Morgan fingerprint density at radius 3 is 2.21 bits per heavy atom. The molecule has 8 heteroatoms. The van der Waals surface area contributed by atoms with Crippen molar-refractivity contribution >= 4 is 46.4 Å². The first kappa shape index (κ1) is 20.3. The molecule has 0 saturated carbocycles. The van der Waals surface area contributed by atoms with Crippen LogP contribution in [0.5, 0.6) is 5.75 Å². The Labute approximate surface area is 174 Å². The number of para-hydroxylation sites is 2. The van der Waals surface area contributed by atoms with Crippen molar-refractivity contribution in [3.63, 3.8) is 0 Å². The van der Waals surface area contributed by atoms with Crippen molar-refractivity contribution in [2.45, 2.75) is 6.92 Å². The number of hydrogen-bond donors (Lipinski definition) is 1. The van der Waals surface area contributed by atoms with E-state index in [0.717, 1.165) is 5.69 Å². The Hall–Kier alpha value is -2.44. The first-order valence-electron chi connectivity index (χ1n) is 8.84. The quantitative estimate of drug-likeness (QED) is 0.812. The largest absolute Gasteiger partial charge is 0.494 e. The summed E-state index contributed by atoms with van der Waals surface area (Å²) in [4.78, 5) is 28.3. The number of methoxy groups -OCH3 is 1. The van der Waals surface area contributed by atoms with Gasteiger partial charge in [0.1, 0.15) is 0 Å². The van der Waals surface area contributed by atoms with E-state index in [0.29, 0.717) is 43.2 Å². The van der Waals surface area contributed by atoms with Gasteiger partial charge in [-0.05, 0) is 24.3 Å². The second-order valence-corrected chi connectivity index (χ2v) is 7.25. The lowest BCUT2D eigenvalue weighted by Crippen LogP contribution is -2.48. The lowest BCUT2D eigenvalue weighted by Gasteiger charge is -2.36. The number of hydrogen-bond acceptors (Lipinski definition) is 4. The van der Waals surface area contributed by atoms with Gasteiger partial charge >= 0.3 is 0 Å². The third kappa shape index (κ3) is 4.34. The third-order valence-corrected chi connectivity index (χ3v) is 5.24. The van der Waals surface area contributed by atoms with E-state index < -0.39 is 0 Å². The fourth-order valence-corrected chi connectivity index (χ4v) is 3.84. The standard InChI is InChI=1S/C20H21Cl2N3O3/c1-13(26)24-7-9-25(10-8-24)18-6-4-3-5-17(18)23-20(27)14-11-15(21)19(28-2)16(22)12-14/h3-6,11-12H,7-10H2,1-2H3,(H,23,27). The highest BCUT2D eigenvalue weighted by molar-refractivity contribution is 6.37. The third-order valence-electron chi connectivity index (χ3n) is 4.68. The van der Waals surface area contributed by atoms with Gasteiger partial charge in [0.15, 0.2) is 5.75 Å². The second kappa shape index (κ2) is 8.71. The minimum Gasteiger partial charge on any atom is -0.494 e. The average Bonchev–Trinajstić information content (AvgIpc) is 2.68. The molecule has 6 nitrogen and oxygen atoms in total. The fraction of sp³-hybridized carbons (Fsp3) is 0.300. The van der Waals surface area contributed by atoms with Crippen LogP contribution < -0.4 is 15.0 Å². The SMILES string of the molecule is COc1c(Cl)cc(C(=O)Nc2ccccc2N2CCN(C(C)=O)CC2)cc1Cl. The number of ether oxygens (including phenoxy) is 1. The van der Waals surface area contributed by atoms with E-state index in [2.05, 4.69) is 10.2 Å². The summed E-state index contributed by atoms with van der Waals surface area (Å²) in [6.45, 7) is 4.29. The topological polar surface area (TPSA) is 61.9 Å². The second-order valence-electron chi connectivity index (χ2n) is 6.44. The molecule has 2 aromatic carbocycles. The van der Waals surface area contributed by atoms with Crippen LogP contribution >= 0.6 is 23.2 Å². The highest BCUT2D eigenvalue weighted by Gasteiger charge is 2.21. The zero-order valence-corrected chi connectivity index (χ0v) is 17.2. The predicted octanol–water partition coefficient (Wildman–Crippen LogP) is 3.92. The molecule has 0 aromatic heterocycles. The van der Waals surface area contributed by atoms with Crippen LogP contribution in [0.3, 0.4) is 0 Å². The Balaban J connectivity index is 1.79. The van der Waals surface area contributed by atoms with Crippen LogP contribution in [0, 0.1) is 0 Å². The molecule has 0 unspecified atom stereocenters. The van der Waals surface area contributed by atoms with Gasteiger partial charge in [-0.3, -0.25) is 9.59 Å². The predicted molar refractivity (Wildman–Crippen MR) is 112 cm³/mol. The maximum atomic E-state index is 12.8. The molecular weight excluding hydrogens is 401 g/mol. The number of nitrogens with zero attached hydrogens (tertiary/aromatic N) is 2. The number of nitrogens with one attached hydrogen (secondary N) is 1. The lowest BCUT2D eigenvalue weighted by molar-refractivity contribution is -0.129. The lowest BCUT2D eigenvalue weighted by atomic mass is 10.1. The zero-order valence-electron chi connectivity index (χ0n) is 15.7. The zero-order chi connectivity index (χ0) is 20.3. The van der Waals surface area contributed by atoms with Crippen LogP contribution in [0.1, 0.15) is 17.3 Å². The maximum Gasteiger partial charge on any atom is 0.255 e. The van der Waals surface area contributed by atoms with Gasteiger partial charge < -0.3 is 19.9 Å². The highest BCUT2D eigenvalue weighted by Crippen LogP contribution is 2.34. The number of halogens is 2. The summed E-state index contributed by atoms with van der Waals surface area (Å²) in [5, 5.41) is 3.47. The van der Waals surface area contributed by atoms with E-state index in [-0.39, 0.29) is 21.9 Å². The Kier molecular flexibility index (Phi) is 6.31. The molecule has 0 atom stereocenters. The number of carbonyl (C=O) groups excluding carboxylic acids is 2. The minimum absolute atomic E-state index is 0.0782. The van der Waals surface area contributed by atoms with Crippen LogP contribution in [0.2, 0.25) is 10.0 Å². The molecule has 1 saturated heterocycles. The van der Waals surface area contributed by atoms with Gasteiger partial charge in [0.05, 0.1) is 28.5 Å². The van der Waals surface area contributed by atoms with E-state index in [4.69, 9.17) is 27.9 Å². The summed E-state index contributed by atoms with van der Waals surface area (Å²) >= 11 is 12.3. The molecule has 1 aliphatic rings. The van der Waals surface area contributed by atoms with E-state index in [9.17, 15) is 9.59 Å². The molecule has 1 N–H and O–H groups in total. The molecule has 0 aliphatic carbocycles. The molecule has 0 bridgehead atoms. The van der Waals surface area contributed by atoms with Crippen molar-refractivity contribution in [1.29, 1.82) is 0 Å². The summed E-state index contributed by atoms with van der Waals surface area (Å²) < 4.78 is 5.12. The van der Waals surface area contributed by atoms with Crippen LogP contribution in [0.15, 0.2) is 36.4 Å². The molecule has 3 rings (SSSR count). The van der Waals surface area contributed by atoms with Gasteiger partial charge in [-0.2, -0.15) is 0 Å². The smallest absolute Gasteiger partial charge is 0.255 e. The molecule has 1 aliphatic heterocycles. The number of anilines is 2. The number of rotatable bonds is 4. The summed E-state index contributed by atoms with van der Waals surface area (Å²) in [6, 6.07) is 10.6. The number of amides is 2. The van der Waals surface area contributed by atoms with Crippen molar-refractivity contribution < 1.29 is 14.3 Å². The molecule has 1 heterocycles. The van der Waals surface area contributed by atoms with Crippen LogP contribution in [-0.2, 0) is 4.79 Å². The van der Waals surface area contributed by atoms with Crippen LogP contribution in [0.4, 0.5) is 11.4 Å². The van der Waals surface area contributed by atoms with Crippen LogP contribution in [0.25, 0.3) is 0 Å². The van der Waals surface area contributed by atoms with Gasteiger partial charge in [0, 0.05) is 38.7 Å². The number of carbonyl (C=O) groups is 2. The van der Waals surface area contributed by atoms with Gasteiger partial charge in [0.25, 0.3) is 5.91 Å². The number of benzene rings is 2. The normalized spacial score (nSPS) is 14.0. The first-order valence-corrected chi connectivity index (χ1v) is 9.60. The molecule has 2 aromatic rings. The van der Waals surface area contributed by atoms with Crippen molar-refractivity contribution in [3.8, 4) is 5.75 Å². The van der Waals surface area contributed by atoms with E-state index >= 15 is 0 Å². The van der Waals surface area contributed by atoms with Crippen molar-refractivity contribution in [2.24, 2.45) is 0 Å². The van der Waals surface area contributed by atoms with Gasteiger partial charge in [-0.15, -0.1) is 0 Å². The monoisotopic (exact) mass is 421 g/mol. The molecule has 28 heavy (non-hydrogen) atoms. The molecule has 0 radical (unpaired) electrons. The van der Waals surface area contributed by atoms with Gasteiger partial charge in [-0.1, -0.05) is 35.3 Å². The summed E-state index contributed by atoms with van der Waals surface area (Å²) in [6.07, 6.45) is 0. The molecule has 0 spiro atoms. The molecule has 1 fully saturated rings. The fourth-order valence-electron chi connectivity index (χ4n) is 3.20. The Morgan fingerprint density at radius 1 is 1.04 bits per heavy atom. The molecule has 2 amide bonds. The first-order chi connectivity index (χ1) is 13.4. The van der Waals surface area contributed by atoms with E-state index in [1.54, 1.807) is 6.92 Å². The maximum absolute atomic E-state index is 12.8. The van der Waals surface area contributed by atoms with Crippen molar-refractivity contribution in [1.82, 2.24) is 4.90 Å². The van der Waals surface area contributed by atoms with Gasteiger partial charge in [-0.25, -0.2) is 0 Å². The number of piperazine rings is 1. The minimum atomic E-state index is -0.318. The summed E-state index contributed by atoms with van der Waals surface area (Å²) in [7, 11) is 1.47. The molecule has 148 valence electrons. The van der Waals surface area contributed by atoms with Crippen LogP contribution in [-0.4, -0.2) is 50.0 Å². The van der Waals surface area contributed by atoms with Crippen molar-refractivity contribution in [2.75, 3.05) is 43.5 Å². The average molecular weight is 422 g/mol. The van der Waals surface area contributed by atoms with E-state index in [1.165, 1.54) is 19.2 Å².